The molecule has 0 radical (unpaired) electrons. The highest BCUT2D eigenvalue weighted by atomic mass is 19.4. The van der Waals surface area contributed by atoms with Crippen molar-refractivity contribution >= 4 is 23.4 Å². The predicted molar refractivity (Wildman–Crippen MR) is 145 cm³/mol. The molecule has 8 nitrogen and oxygen atoms in total. The highest BCUT2D eigenvalue weighted by Crippen LogP contribution is 2.40. The molecule has 14 heteroatoms. The van der Waals surface area contributed by atoms with Crippen LogP contribution in [0.4, 0.5) is 47.3 Å². The van der Waals surface area contributed by atoms with Crippen LogP contribution in [0, 0.1) is 0 Å². The van der Waals surface area contributed by atoms with Gasteiger partial charge in [0.1, 0.15) is 5.75 Å². The quantitative estimate of drug-likeness (QED) is 0.168. The molecule has 0 aromatic heterocycles. The Bertz CT molecular complexity index is 1480. The van der Waals surface area contributed by atoms with Crippen LogP contribution in [0.2, 0.25) is 0 Å². The van der Waals surface area contributed by atoms with Crippen molar-refractivity contribution in [2.45, 2.75) is 44.3 Å². The van der Waals surface area contributed by atoms with Gasteiger partial charge in [0.2, 0.25) is 0 Å². The molecule has 230 valence electrons. The Labute approximate surface area is 243 Å². The van der Waals surface area contributed by atoms with Crippen LogP contribution in [0.15, 0.2) is 72.8 Å². The average Bonchev–Trinajstić information content (AvgIpc) is 3.15. The summed E-state index contributed by atoms with van der Waals surface area (Å²) in [4.78, 5) is 29.1. The van der Waals surface area contributed by atoms with E-state index in [1.54, 1.807) is 24.3 Å². The normalized spacial score (nSPS) is 16.8. The summed E-state index contributed by atoms with van der Waals surface area (Å²) in [6.07, 6.45) is -10.7. The first-order chi connectivity index (χ1) is 20.0. The molecule has 3 aromatic carbocycles. The van der Waals surface area contributed by atoms with Crippen molar-refractivity contribution in [1.29, 1.82) is 0 Å². The molecule has 3 aromatic rings. The fraction of sp³-hybridized carbons (Fsp3) is 0.310. The topological polar surface area (TPSA) is 85.3 Å². The Kier molecular flexibility index (Phi) is 8.54. The number of urea groups is 2. The van der Waals surface area contributed by atoms with Crippen LogP contribution in [-0.4, -0.2) is 52.6 Å². The number of hydrogen-bond acceptors (Lipinski definition) is 4. The molecule has 0 saturated carbocycles. The average molecular weight is 611 g/mol. The van der Waals surface area contributed by atoms with E-state index in [1.807, 2.05) is 0 Å². The third kappa shape index (κ3) is 6.63. The highest BCUT2D eigenvalue weighted by molar-refractivity contribution is 5.98. The van der Waals surface area contributed by atoms with Crippen molar-refractivity contribution in [3.8, 4) is 5.75 Å². The van der Waals surface area contributed by atoms with Gasteiger partial charge in [-0.05, 0) is 74.4 Å². The van der Waals surface area contributed by atoms with Gasteiger partial charge in [-0.15, -0.1) is 0 Å². The van der Waals surface area contributed by atoms with Crippen LogP contribution in [0.3, 0.4) is 0 Å². The lowest BCUT2D eigenvalue weighted by Crippen LogP contribution is -2.58. The molecule has 0 aliphatic carbocycles. The molecule has 1 unspecified atom stereocenters. The number of hydroxylamine groups is 2. The zero-order valence-corrected chi connectivity index (χ0v) is 23.2. The maximum atomic E-state index is 13.8. The third-order valence-electron chi connectivity index (χ3n) is 7.12. The summed E-state index contributed by atoms with van der Waals surface area (Å²) in [6, 6.07) is 12.4. The number of nitrogens with zero attached hydrogens (tertiary/aromatic N) is 3. The molecule has 1 saturated heterocycles. The molecule has 43 heavy (non-hydrogen) atoms. The van der Waals surface area contributed by atoms with Gasteiger partial charge in [-0.3, -0.25) is 10.1 Å². The van der Waals surface area contributed by atoms with E-state index < -0.39 is 47.2 Å². The van der Waals surface area contributed by atoms with E-state index in [2.05, 4.69) is 5.32 Å². The first kappa shape index (κ1) is 31.5. The fourth-order valence-corrected chi connectivity index (χ4v) is 4.91. The largest absolute Gasteiger partial charge is 0.497 e. The standard InChI is InChI=1S/C29H28F6N4O4/c1-27(2)24(39(42)25(40)36-21-8-4-6-19(16-21)28(30,31)32)38(22-9-5-7-20(17-22)29(33,34)35)26(41)37(27)15-14-18-10-12-23(43-3)13-11-18/h4-13,16-17,24,42H,14-15H2,1-3H3,(H,36,40). The molecule has 0 spiro atoms. The lowest BCUT2D eigenvalue weighted by molar-refractivity contribution is -0.138. The van der Waals surface area contributed by atoms with Crippen LogP contribution >= 0.6 is 0 Å². The van der Waals surface area contributed by atoms with Crippen molar-refractivity contribution in [2.75, 3.05) is 23.9 Å². The summed E-state index contributed by atoms with van der Waals surface area (Å²) in [5.41, 5.74) is -3.27. The summed E-state index contributed by atoms with van der Waals surface area (Å²) in [6.45, 7) is 3.07. The van der Waals surface area contributed by atoms with Crippen LogP contribution < -0.4 is 15.0 Å². The molecule has 1 heterocycles. The number of halogens is 6. The minimum absolute atomic E-state index is 0.0488. The molecule has 4 rings (SSSR count). The van der Waals surface area contributed by atoms with Gasteiger partial charge >= 0.3 is 24.4 Å². The van der Waals surface area contributed by atoms with Gasteiger partial charge in [-0.25, -0.2) is 9.59 Å². The number of nitrogens with one attached hydrogen (secondary N) is 1. The van der Waals surface area contributed by atoms with Crippen LogP contribution in [0.1, 0.15) is 30.5 Å². The molecule has 2 N–H and O–H groups in total. The van der Waals surface area contributed by atoms with E-state index in [0.717, 1.165) is 40.8 Å². The van der Waals surface area contributed by atoms with E-state index >= 15 is 0 Å². The number of ether oxygens (including phenoxy) is 1. The minimum Gasteiger partial charge on any atom is -0.497 e. The maximum Gasteiger partial charge on any atom is 0.416 e. The zero-order chi connectivity index (χ0) is 31.7. The number of alkyl halides is 6. The maximum absolute atomic E-state index is 13.8. The second-order valence-electron chi connectivity index (χ2n) is 10.3. The number of benzene rings is 3. The number of methoxy groups -OCH3 is 1. The van der Waals surface area contributed by atoms with Gasteiger partial charge in [0.25, 0.3) is 0 Å². The van der Waals surface area contributed by atoms with Gasteiger partial charge in [-0.2, -0.15) is 31.4 Å². The zero-order valence-electron chi connectivity index (χ0n) is 23.2. The van der Waals surface area contributed by atoms with Gasteiger partial charge in [0.15, 0.2) is 6.17 Å². The smallest absolute Gasteiger partial charge is 0.416 e. The molecular weight excluding hydrogens is 582 g/mol. The Morgan fingerprint density at radius 3 is 2.12 bits per heavy atom. The summed E-state index contributed by atoms with van der Waals surface area (Å²) in [5, 5.41) is 13.4. The van der Waals surface area contributed by atoms with Crippen molar-refractivity contribution < 1.29 is 45.9 Å². The Morgan fingerprint density at radius 1 is 0.953 bits per heavy atom. The predicted octanol–water partition coefficient (Wildman–Crippen LogP) is 7.25. The van der Waals surface area contributed by atoms with E-state index in [9.17, 15) is 41.1 Å². The summed E-state index contributed by atoms with van der Waals surface area (Å²) < 4.78 is 85.4. The second kappa shape index (κ2) is 11.7. The molecule has 1 atom stereocenters. The SMILES string of the molecule is COc1ccc(CCN2C(=O)N(c3cccc(C(F)(F)F)c3)C(N(O)C(=O)Nc3cccc(C(F)(F)F)c3)C2(C)C)cc1. The monoisotopic (exact) mass is 610 g/mol. The van der Waals surface area contributed by atoms with Crippen LogP contribution in [0.5, 0.6) is 5.75 Å². The first-order valence-corrected chi connectivity index (χ1v) is 12.9. The molecule has 1 aliphatic rings. The summed E-state index contributed by atoms with van der Waals surface area (Å²) in [7, 11) is 1.51. The number of rotatable bonds is 7. The van der Waals surface area contributed by atoms with Crippen LogP contribution in [0.25, 0.3) is 0 Å². The minimum atomic E-state index is -4.75. The van der Waals surface area contributed by atoms with Gasteiger partial charge in [0.05, 0.1) is 23.8 Å². The number of carbonyl (C=O) groups excluding carboxylic acids is 2. The summed E-state index contributed by atoms with van der Waals surface area (Å²) >= 11 is 0. The van der Waals surface area contributed by atoms with Gasteiger partial charge < -0.3 is 15.0 Å². The van der Waals surface area contributed by atoms with E-state index in [0.29, 0.717) is 24.3 Å². The fourth-order valence-electron chi connectivity index (χ4n) is 4.91. The van der Waals surface area contributed by atoms with Crippen molar-refractivity contribution in [3.05, 3.63) is 89.5 Å². The van der Waals surface area contributed by atoms with Crippen molar-refractivity contribution in [3.63, 3.8) is 0 Å². The Balaban J connectivity index is 1.69. The Morgan fingerprint density at radius 2 is 1.53 bits per heavy atom. The lowest BCUT2D eigenvalue weighted by atomic mass is 9.99. The molecule has 4 amide bonds. The number of hydrogen-bond donors (Lipinski definition) is 2. The van der Waals surface area contributed by atoms with Crippen molar-refractivity contribution in [1.82, 2.24) is 9.96 Å². The van der Waals surface area contributed by atoms with Gasteiger partial charge in [-0.1, -0.05) is 24.3 Å². The molecular formula is C29H28F6N4O4. The Hall–Kier alpha value is -4.46. The van der Waals surface area contributed by atoms with E-state index in [-0.39, 0.29) is 23.0 Å². The number of amides is 4. The molecule has 1 fully saturated rings. The second-order valence-corrected chi connectivity index (χ2v) is 10.3. The van der Waals surface area contributed by atoms with Crippen molar-refractivity contribution in [2.24, 2.45) is 0 Å². The highest BCUT2D eigenvalue weighted by Gasteiger charge is 2.56. The first-order valence-electron chi connectivity index (χ1n) is 12.9. The third-order valence-corrected chi connectivity index (χ3v) is 7.12. The lowest BCUT2D eigenvalue weighted by Gasteiger charge is -2.38. The van der Waals surface area contributed by atoms with E-state index in [1.165, 1.54) is 31.9 Å². The number of carbonyl (C=O) groups is 2. The molecule has 1 aliphatic heterocycles. The van der Waals surface area contributed by atoms with Gasteiger partial charge in [0, 0.05) is 17.9 Å². The number of anilines is 2. The van der Waals surface area contributed by atoms with Crippen LogP contribution in [-0.2, 0) is 18.8 Å². The summed E-state index contributed by atoms with van der Waals surface area (Å²) in [5.74, 6) is 0.611. The molecule has 0 bridgehead atoms. The van der Waals surface area contributed by atoms with E-state index in [4.69, 9.17) is 4.74 Å².